The summed E-state index contributed by atoms with van der Waals surface area (Å²) in [5.74, 6) is 0.528. The van der Waals surface area contributed by atoms with E-state index < -0.39 is 0 Å². The molecule has 3 aromatic rings. The summed E-state index contributed by atoms with van der Waals surface area (Å²) in [6.45, 7) is 2.30. The van der Waals surface area contributed by atoms with Crippen LogP contribution in [0, 0.1) is 6.92 Å². The van der Waals surface area contributed by atoms with Crippen molar-refractivity contribution in [2.45, 2.75) is 26.2 Å². The molecule has 0 aliphatic carbocycles. The number of rotatable bonds is 7. The van der Waals surface area contributed by atoms with Crippen LogP contribution in [-0.4, -0.2) is 32.7 Å². The number of pyridine rings is 1. The van der Waals surface area contributed by atoms with Gasteiger partial charge in [0.25, 0.3) is 0 Å². The highest BCUT2D eigenvalue weighted by molar-refractivity contribution is 7.09. The maximum Gasteiger partial charge on any atom is 0.306 e. The first kappa shape index (κ1) is 16.3. The topological polar surface area (TPSA) is 91.0 Å². The van der Waals surface area contributed by atoms with Crippen LogP contribution in [0.5, 0.6) is 0 Å². The van der Waals surface area contributed by atoms with Crippen molar-refractivity contribution >= 4 is 17.3 Å². The molecule has 0 amide bonds. The lowest BCUT2D eigenvalue weighted by Crippen LogP contribution is -2.08. The van der Waals surface area contributed by atoms with Crippen molar-refractivity contribution in [3.8, 4) is 11.5 Å². The first-order valence-electron chi connectivity index (χ1n) is 7.51. The maximum atomic E-state index is 11.8. The molecule has 7 nitrogen and oxygen atoms in total. The highest BCUT2D eigenvalue weighted by Crippen LogP contribution is 2.14. The number of ether oxygens (including phenoxy) is 1. The van der Waals surface area contributed by atoms with E-state index in [0.29, 0.717) is 36.9 Å². The minimum atomic E-state index is -0.283. The van der Waals surface area contributed by atoms with E-state index in [9.17, 15) is 4.79 Å². The van der Waals surface area contributed by atoms with Crippen LogP contribution in [0.1, 0.15) is 22.9 Å². The smallest absolute Gasteiger partial charge is 0.306 e. The zero-order chi connectivity index (χ0) is 16.8. The van der Waals surface area contributed by atoms with Gasteiger partial charge in [0.1, 0.15) is 5.69 Å². The molecule has 0 saturated carbocycles. The summed E-state index contributed by atoms with van der Waals surface area (Å²) in [5.41, 5.74) is 3.42. The van der Waals surface area contributed by atoms with Gasteiger partial charge in [-0.25, -0.2) is 4.98 Å². The lowest BCUT2D eigenvalue weighted by Gasteiger charge is -2.02. The largest absolute Gasteiger partial charge is 0.465 e. The number of aromatic nitrogens is 4. The highest BCUT2D eigenvalue weighted by atomic mass is 32.1. The second kappa shape index (κ2) is 7.78. The first-order valence-corrected chi connectivity index (χ1v) is 8.39. The van der Waals surface area contributed by atoms with Gasteiger partial charge in [0, 0.05) is 23.9 Å². The molecule has 124 valence electrons. The average molecular weight is 344 g/mol. The molecule has 24 heavy (non-hydrogen) atoms. The Bertz CT molecular complexity index is 801. The van der Waals surface area contributed by atoms with Crippen molar-refractivity contribution < 1.29 is 14.1 Å². The van der Waals surface area contributed by atoms with Crippen LogP contribution >= 0.6 is 11.3 Å². The van der Waals surface area contributed by atoms with Gasteiger partial charge in [-0.2, -0.15) is 4.98 Å². The summed E-state index contributed by atoms with van der Waals surface area (Å²) >= 11 is 1.57. The van der Waals surface area contributed by atoms with Gasteiger partial charge in [0.2, 0.25) is 11.7 Å². The van der Waals surface area contributed by atoms with Crippen molar-refractivity contribution in [2.75, 3.05) is 6.61 Å². The second-order valence-corrected chi connectivity index (χ2v) is 6.00. The molecule has 3 rings (SSSR count). The lowest BCUT2D eigenvalue weighted by atomic mass is 10.3. The lowest BCUT2D eigenvalue weighted by molar-refractivity contribution is -0.143. The number of thiazole rings is 1. The van der Waals surface area contributed by atoms with Crippen molar-refractivity contribution in [3.05, 3.63) is 46.4 Å². The van der Waals surface area contributed by atoms with E-state index in [4.69, 9.17) is 9.26 Å². The molecule has 0 bridgehead atoms. The minimum Gasteiger partial charge on any atom is -0.465 e. The molecule has 0 saturated heterocycles. The summed E-state index contributed by atoms with van der Waals surface area (Å²) in [7, 11) is 0. The van der Waals surface area contributed by atoms with Crippen molar-refractivity contribution in [1.29, 1.82) is 0 Å². The van der Waals surface area contributed by atoms with E-state index in [2.05, 4.69) is 20.1 Å². The Kier molecular flexibility index (Phi) is 5.27. The van der Waals surface area contributed by atoms with Crippen LogP contribution in [0.25, 0.3) is 11.5 Å². The van der Waals surface area contributed by atoms with Gasteiger partial charge in [-0.3, -0.25) is 9.78 Å². The fourth-order valence-electron chi connectivity index (χ4n) is 2.06. The summed E-state index contributed by atoms with van der Waals surface area (Å²) in [6.07, 6.45) is 2.89. The Morgan fingerprint density at radius 1 is 1.29 bits per heavy atom. The van der Waals surface area contributed by atoms with Gasteiger partial charge in [-0.05, 0) is 19.1 Å². The van der Waals surface area contributed by atoms with E-state index >= 15 is 0 Å². The molecular formula is C16H16N4O3S. The van der Waals surface area contributed by atoms with Crippen molar-refractivity contribution in [2.24, 2.45) is 0 Å². The van der Waals surface area contributed by atoms with Crippen molar-refractivity contribution in [1.82, 2.24) is 20.1 Å². The fourth-order valence-corrected chi connectivity index (χ4v) is 2.82. The molecule has 0 radical (unpaired) electrons. The van der Waals surface area contributed by atoms with E-state index in [0.717, 1.165) is 10.6 Å². The SMILES string of the molecule is Cc1ncsc1CCOC(=O)CCc1nc(-c2ccccn2)no1. The van der Waals surface area contributed by atoms with E-state index in [1.165, 1.54) is 0 Å². The third kappa shape index (κ3) is 4.23. The molecule has 0 fully saturated rings. The monoisotopic (exact) mass is 344 g/mol. The second-order valence-electron chi connectivity index (χ2n) is 5.06. The average Bonchev–Trinajstić information content (AvgIpc) is 3.23. The molecule has 0 aliphatic rings. The molecule has 3 aromatic heterocycles. The third-order valence-electron chi connectivity index (χ3n) is 3.34. The van der Waals surface area contributed by atoms with Gasteiger partial charge < -0.3 is 9.26 Å². The van der Waals surface area contributed by atoms with E-state index in [1.807, 2.05) is 19.1 Å². The molecular weight excluding hydrogens is 328 g/mol. The fraction of sp³-hybridized carbons (Fsp3) is 0.312. The Morgan fingerprint density at radius 3 is 2.96 bits per heavy atom. The van der Waals surface area contributed by atoms with Gasteiger partial charge in [-0.1, -0.05) is 11.2 Å². The molecule has 3 heterocycles. The normalized spacial score (nSPS) is 10.7. The van der Waals surface area contributed by atoms with E-state index in [-0.39, 0.29) is 12.4 Å². The van der Waals surface area contributed by atoms with Gasteiger partial charge in [0.15, 0.2) is 0 Å². The first-order chi connectivity index (χ1) is 11.7. The number of carbonyl (C=O) groups is 1. The van der Waals surface area contributed by atoms with Crippen LogP contribution in [0.2, 0.25) is 0 Å². The Hall–Kier alpha value is -2.61. The van der Waals surface area contributed by atoms with Crippen LogP contribution < -0.4 is 0 Å². The summed E-state index contributed by atoms with van der Waals surface area (Å²) in [5, 5.41) is 3.86. The van der Waals surface area contributed by atoms with Gasteiger partial charge in [-0.15, -0.1) is 11.3 Å². The number of hydrogen-bond acceptors (Lipinski definition) is 8. The standard InChI is InChI=1S/C16H16N4O3S/c1-11-13(24-10-18-11)7-9-22-15(21)6-5-14-19-16(20-23-14)12-4-2-3-8-17-12/h2-4,8,10H,5-7,9H2,1H3. The molecule has 0 unspecified atom stereocenters. The van der Waals surface area contributed by atoms with Crippen LogP contribution in [0.15, 0.2) is 34.4 Å². The number of aryl methyl sites for hydroxylation is 2. The summed E-state index contributed by atoms with van der Waals surface area (Å²) in [6, 6.07) is 5.46. The molecule has 0 atom stereocenters. The number of carbonyl (C=O) groups excluding carboxylic acids is 1. The Labute approximate surface area is 142 Å². The van der Waals surface area contributed by atoms with Crippen LogP contribution in [-0.2, 0) is 22.4 Å². The third-order valence-corrected chi connectivity index (χ3v) is 4.34. The molecule has 0 spiro atoms. The van der Waals surface area contributed by atoms with Crippen LogP contribution in [0.3, 0.4) is 0 Å². The highest BCUT2D eigenvalue weighted by Gasteiger charge is 2.12. The number of nitrogens with zero attached hydrogens (tertiary/aromatic N) is 4. The van der Waals surface area contributed by atoms with Gasteiger partial charge in [0.05, 0.1) is 24.2 Å². The Balaban J connectivity index is 1.43. The zero-order valence-electron chi connectivity index (χ0n) is 13.1. The number of esters is 1. The molecule has 0 aliphatic heterocycles. The Morgan fingerprint density at radius 2 is 2.21 bits per heavy atom. The molecule has 8 heteroatoms. The number of hydrogen-bond donors (Lipinski definition) is 0. The summed E-state index contributed by atoms with van der Waals surface area (Å²) in [4.78, 5) is 25.5. The van der Waals surface area contributed by atoms with Crippen LogP contribution in [0.4, 0.5) is 0 Å². The predicted molar refractivity (Wildman–Crippen MR) is 87.4 cm³/mol. The molecule has 0 N–H and O–H groups in total. The maximum absolute atomic E-state index is 11.8. The van der Waals surface area contributed by atoms with E-state index in [1.54, 1.807) is 29.1 Å². The zero-order valence-corrected chi connectivity index (χ0v) is 14.0. The van der Waals surface area contributed by atoms with Crippen molar-refractivity contribution in [3.63, 3.8) is 0 Å². The quantitative estimate of drug-likeness (QED) is 0.608. The van der Waals surface area contributed by atoms with Gasteiger partial charge >= 0.3 is 5.97 Å². The minimum absolute atomic E-state index is 0.200. The summed E-state index contributed by atoms with van der Waals surface area (Å²) < 4.78 is 10.4. The predicted octanol–water partition coefficient (Wildman–Crippen LogP) is 2.62. The molecule has 0 aromatic carbocycles.